The SMILES string of the molecule is C1=CC=CC2=C(C=C1)Nc1cccc3cnnc2c13. The molecule has 4 rings (SSSR count). The molecule has 19 heavy (non-hydrogen) atoms. The van der Waals surface area contributed by atoms with Crippen LogP contribution in [0.3, 0.4) is 0 Å². The zero-order valence-corrected chi connectivity index (χ0v) is 10.2. The molecule has 90 valence electrons. The molecule has 2 heterocycles. The monoisotopic (exact) mass is 245 g/mol. The standard InChI is InChI=1S/C16H11N3/c1-2-4-8-13-12(7-3-1)16-15-11(10-17-19-16)6-5-9-14(15)18-13/h1-10,18H. The molecule has 2 aromatic rings. The van der Waals surface area contributed by atoms with E-state index in [-0.39, 0.29) is 0 Å². The van der Waals surface area contributed by atoms with Gasteiger partial charge in [0.2, 0.25) is 0 Å². The lowest BCUT2D eigenvalue weighted by atomic mass is 9.97. The number of anilines is 1. The smallest absolute Gasteiger partial charge is 0.105 e. The summed E-state index contributed by atoms with van der Waals surface area (Å²) in [5.74, 6) is 0. The minimum Gasteiger partial charge on any atom is -0.354 e. The van der Waals surface area contributed by atoms with Gasteiger partial charge in [-0.15, -0.1) is 5.10 Å². The van der Waals surface area contributed by atoms with Crippen LogP contribution in [0.4, 0.5) is 5.69 Å². The molecule has 0 bridgehead atoms. The zero-order chi connectivity index (χ0) is 12.7. The first kappa shape index (κ1) is 10.3. The molecule has 0 spiro atoms. The summed E-state index contributed by atoms with van der Waals surface area (Å²) in [7, 11) is 0. The maximum Gasteiger partial charge on any atom is 0.105 e. The number of aromatic nitrogens is 2. The van der Waals surface area contributed by atoms with Crippen LogP contribution in [-0.2, 0) is 0 Å². The van der Waals surface area contributed by atoms with Gasteiger partial charge in [0.25, 0.3) is 0 Å². The van der Waals surface area contributed by atoms with E-state index in [9.17, 15) is 0 Å². The molecule has 2 aliphatic rings. The molecule has 0 unspecified atom stereocenters. The summed E-state index contributed by atoms with van der Waals surface area (Å²) in [6.45, 7) is 0. The highest BCUT2D eigenvalue weighted by molar-refractivity contribution is 6.06. The van der Waals surface area contributed by atoms with Crippen molar-refractivity contribution in [2.45, 2.75) is 0 Å². The van der Waals surface area contributed by atoms with Crippen molar-refractivity contribution in [1.29, 1.82) is 0 Å². The first-order valence-corrected chi connectivity index (χ1v) is 6.21. The normalized spacial score (nSPS) is 16.0. The van der Waals surface area contributed by atoms with E-state index in [2.05, 4.69) is 39.8 Å². The van der Waals surface area contributed by atoms with Gasteiger partial charge in [-0.25, -0.2) is 0 Å². The van der Waals surface area contributed by atoms with Crippen LogP contribution in [0, 0.1) is 0 Å². The van der Waals surface area contributed by atoms with Gasteiger partial charge in [0.05, 0.1) is 6.20 Å². The lowest BCUT2D eigenvalue weighted by Gasteiger charge is -2.21. The fourth-order valence-corrected chi connectivity index (χ4v) is 2.51. The molecule has 1 aromatic heterocycles. The number of fused-ring (bicyclic) bond motifs is 1. The maximum atomic E-state index is 4.34. The third kappa shape index (κ3) is 1.52. The largest absolute Gasteiger partial charge is 0.354 e. The molecule has 1 aliphatic heterocycles. The second-order valence-electron chi connectivity index (χ2n) is 4.52. The molecule has 0 atom stereocenters. The Hall–Kier alpha value is -2.68. The summed E-state index contributed by atoms with van der Waals surface area (Å²) in [6.07, 6.45) is 14.0. The number of benzene rings is 1. The Morgan fingerprint density at radius 2 is 1.84 bits per heavy atom. The van der Waals surface area contributed by atoms with E-state index in [1.165, 1.54) is 0 Å². The summed E-state index contributed by atoms with van der Waals surface area (Å²) < 4.78 is 0. The number of rotatable bonds is 0. The third-order valence-electron chi connectivity index (χ3n) is 3.36. The lowest BCUT2D eigenvalue weighted by molar-refractivity contribution is 1.03. The number of hydrogen-bond donors (Lipinski definition) is 1. The number of hydrogen-bond acceptors (Lipinski definition) is 3. The Bertz CT molecular complexity index is 789. The van der Waals surface area contributed by atoms with Crippen molar-refractivity contribution < 1.29 is 0 Å². The average molecular weight is 245 g/mol. The molecule has 0 saturated carbocycles. The molecule has 0 radical (unpaired) electrons. The Morgan fingerprint density at radius 3 is 2.79 bits per heavy atom. The number of allylic oxidation sites excluding steroid dienone is 7. The highest BCUT2D eigenvalue weighted by Crippen LogP contribution is 2.36. The van der Waals surface area contributed by atoms with Gasteiger partial charge >= 0.3 is 0 Å². The highest BCUT2D eigenvalue weighted by atomic mass is 15.1. The molecule has 3 heteroatoms. The van der Waals surface area contributed by atoms with E-state index in [1.54, 1.807) is 6.20 Å². The summed E-state index contributed by atoms with van der Waals surface area (Å²) >= 11 is 0. The molecular weight excluding hydrogens is 234 g/mol. The lowest BCUT2D eigenvalue weighted by Crippen LogP contribution is -2.09. The Balaban J connectivity index is 2.08. The van der Waals surface area contributed by atoms with Crippen LogP contribution < -0.4 is 5.32 Å². The minimum atomic E-state index is 0.943. The van der Waals surface area contributed by atoms with Crippen LogP contribution in [0.5, 0.6) is 0 Å². The Labute approximate surface area is 110 Å². The van der Waals surface area contributed by atoms with Crippen molar-refractivity contribution in [1.82, 2.24) is 10.2 Å². The van der Waals surface area contributed by atoms with Crippen molar-refractivity contribution in [3.05, 3.63) is 72.2 Å². The molecule has 0 amide bonds. The van der Waals surface area contributed by atoms with E-state index in [4.69, 9.17) is 0 Å². The van der Waals surface area contributed by atoms with Crippen LogP contribution in [-0.4, -0.2) is 10.2 Å². The van der Waals surface area contributed by atoms with Crippen molar-refractivity contribution >= 4 is 22.0 Å². The van der Waals surface area contributed by atoms with Crippen LogP contribution in [0.2, 0.25) is 0 Å². The van der Waals surface area contributed by atoms with Gasteiger partial charge in [0, 0.05) is 27.7 Å². The maximum absolute atomic E-state index is 4.34. The number of nitrogens with one attached hydrogen (secondary N) is 1. The van der Waals surface area contributed by atoms with Crippen molar-refractivity contribution in [2.24, 2.45) is 0 Å². The number of nitrogens with zero attached hydrogens (tertiary/aromatic N) is 2. The second kappa shape index (κ2) is 3.92. The van der Waals surface area contributed by atoms with E-state index in [1.807, 2.05) is 30.4 Å². The van der Waals surface area contributed by atoms with Crippen LogP contribution in [0.25, 0.3) is 16.3 Å². The van der Waals surface area contributed by atoms with Crippen LogP contribution >= 0.6 is 0 Å². The second-order valence-corrected chi connectivity index (χ2v) is 4.52. The predicted octanol–water partition coefficient (Wildman–Crippen LogP) is 3.45. The van der Waals surface area contributed by atoms with Crippen LogP contribution in [0.15, 0.2) is 66.5 Å². The average Bonchev–Trinajstić information content (AvgIpc) is 2.41. The van der Waals surface area contributed by atoms with Crippen molar-refractivity contribution in [2.75, 3.05) is 5.32 Å². The van der Waals surface area contributed by atoms with Gasteiger partial charge in [0.1, 0.15) is 5.69 Å². The van der Waals surface area contributed by atoms with Gasteiger partial charge in [-0.3, -0.25) is 0 Å². The minimum absolute atomic E-state index is 0.943. The van der Waals surface area contributed by atoms with Gasteiger partial charge in [-0.2, -0.15) is 5.10 Å². The first-order valence-electron chi connectivity index (χ1n) is 6.21. The zero-order valence-electron chi connectivity index (χ0n) is 10.2. The van der Waals surface area contributed by atoms with Gasteiger partial charge < -0.3 is 5.32 Å². The van der Waals surface area contributed by atoms with Gasteiger partial charge in [0.15, 0.2) is 0 Å². The molecular formula is C16H11N3. The molecule has 1 N–H and O–H groups in total. The van der Waals surface area contributed by atoms with E-state index in [0.717, 1.165) is 33.4 Å². The molecule has 0 saturated heterocycles. The summed E-state index contributed by atoms with van der Waals surface area (Å²) in [6, 6.07) is 6.17. The van der Waals surface area contributed by atoms with E-state index in [0.29, 0.717) is 0 Å². The van der Waals surface area contributed by atoms with Gasteiger partial charge in [-0.05, 0) is 12.1 Å². The van der Waals surface area contributed by atoms with E-state index < -0.39 is 0 Å². The fraction of sp³-hybridized carbons (Fsp3) is 0. The predicted molar refractivity (Wildman–Crippen MR) is 77.5 cm³/mol. The van der Waals surface area contributed by atoms with Gasteiger partial charge in [-0.1, -0.05) is 42.5 Å². The summed E-state index contributed by atoms with van der Waals surface area (Å²) in [5.41, 5.74) is 4.17. The topological polar surface area (TPSA) is 37.8 Å². The third-order valence-corrected chi connectivity index (χ3v) is 3.36. The first-order chi connectivity index (χ1) is 9.43. The van der Waals surface area contributed by atoms with E-state index >= 15 is 0 Å². The molecule has 1 aliphatic carbocycles. The molecule has 0 fully saturated rings. The summed E-state index contributed by atoms with van der Waals surface area (Å²) in [4.78, 5) is 0. The van der Waals surface area contributed by atoms with Crippen LogP contribution in [0.1, 0.15) is 5.69 Å². The van der Waals surface area contributed by atoms with Crippen molar-refractivity contribution in [3.63, 3.8) is 0 Å². The fourth-order valence-electron chi connectivity index (χ4n) is 2.51. The highest BCUT2D eigenvalue weighted by Gasteiger charge is 2.19. The Kier molecular flexibility index (Phi) is 2.12. The Morgan fingerprint density at radius 1 is 0.947 bits per heavy atom. The summed E-state index contributed by atoms with van der Waals surface area (Å²) in [5, 5.41) is 14.2. The molecule has 1 aromatic carbocycles. The molecule has 3 nitrogen and oxygen atoms in total. The quantitative estimate of drug-likeness (QED) is 0.772. The van der Waals surface area contributed by atoms with Crippen molar-refractivity contribution in [3.8, 4) is 0 Å².